The van der Waals surface area contributed by atoms with E-state index in [0.717, 1.165) is 23.5 Å². The highest BCUT2D eigenvalue weighted by Gasteiger charge is 2.22. The van der Waals surface area contributed by atoms with Gasteiger partial charge in [0.15, 0.2) is 5.65 Å². The molecule has 2 aromatic heterocycles. The highest BCUT2D eigenvalue weighted by molar-refractivity contribution is 5.75. The molecule has 0 saturated heterocycles. The van der Waals surface area contributed by atoms with Gasteiger partial charge in [-0.2, -0.15) is 0 Å². The van der Waals surface area contributed by atoms with Crippen LogP contribution < -0.4 is 5.73 Å². The molecule has 2 N–H and O–H groups in total. The van der Waals surface area contributed by atoms with Crippen molar-refractivity contribution in [1.29, 1.82) is 0 Å². The Kier molecular flexibility index (Phi) is 2.37. The van der Waals surface area contributed by atoms with Crippen LogP contribution in [0.5, 0.6) is 0 Å². The Bertz CT molecular complexity index is 520. The van der Waals surface area contributed by atoms with E-state index in [-0.39, 0.29) is 5.41 Å². The summed E-state index contributed by atoms with van der Waals surface area (Å²) < 4.78 is 2.15. The molecule has 0 fully saturated rings. The van der Waals surface area contributed by atoms with Crippen molar-refractivity contribution in [1.82, 2.24) is 14.5 Å². The average Bonchev–Trinajstić information content (AvgIpc) is 2.54. The fourth-order valence-corrected chi connectivity index (χ4v) is 1.90. The summed E-state index contributed by atoms with van der Waals surface area (Å²) in [5.41, 5.74) is 8.20. The summed E-state index contributed by atoms with van der Waals surface area (Å²) in [6, 6.07) is 1.88. The molecule has 2 heterocycles. The lowest BCUT2D eigenvalue weighted by Gasteiger charge is -2.18. The van der Waals surface area contributed by atoms with Crippen LogP contribution in [0.15, 0.2) is 12.3 Å². The molecule has 4 nitrogen and oxygen atoms in total. The fraction of sp³-hybridized carbons (Fsp3) is 0.500. The smallest absolute Gasteiger partial charge is 0.160 e. The van der Waals surface area contributed by atoms with Crippen molar-refractivity contribution < 1.29 is 0 Å². The Hall–Kier alpha value is -1.58. The van der Waals surface area contributed by atoms with Crippen molar-refractivity contribution in [2.24, 2.45) is 0 Å². The molecule has 16 heavy (non-hydrogen) atoms. The van der Waals surface area contributed by atoms with E-state index in [1.807, 2.05) is 6.07 Å². The van der Waals surface area contributed by atoms with Crippen molar-refractivity contribution in [2.45, 2.75) is 39.7 Å². The van der Waals surface area contributed by atoms with Crippen LogP contribution in [-0.2, 0) is 12.0 Å². The van der Waals surface area contributed by atoms with E-state index < -0.39 is 0 Å². The molecule has 0 bridgehead atoms. The second-order valence-corrected chi connectivity index (χ2v) is 5.04. The first kappa shape index (κ1) is 10.9. The zero-order valence-electron chi connectivity index (χ0n) is 10.3. The van der Waals surface area contributed by atoms with E-state index in [2.05, 4.69) is 42.2 Å². The molecule has 0 unspecified atom stereocenters. The van der Waals surface area contributed by atoms with Gasteiger partial charge in [-0.1, -0.05) is 20.8 Å². The third-order valence-corrected chi connectivity index (χ3v) is 2.59. The molecule has 0 aromatic carbocycles. The van der Waals surface area contributed by atoms with E-state index in [1.54, 1.807) is 6.20 Å². The lowest BCUT2D eigenvalue weighted by atomic mass is 9.96. The number of rotatable bonds is 1. The van der Waals surface area contributed by atoms with Crippen molar-refractivity contribution in [3.8, 4) is 0 Å². The fourth-order valence-electron chi connectivity index (χ4n) is 1.90. The monoisotopic (exact) mass is 218 g/mol. The Morgan fingerprint density at radius 1 is 1.38 bits per heavy atom. The number of pyridine rings is 1. The van der Waals surface area contributed by atoms with E-state index in [9.17, 15) is 0 Å². The van der Waals surface area contributed by atoms with Crippen LogP contribution in [-0.4, -0.2) is 14.5 Å². The number of nitrogen functional groups attached to an aromatic ring is 1. The molecular formula is C12H18N4. The normalized spacial score (nSPS) is 12.2. The first-order chi connectivity index (χ1) is 7.43. The van der Waals surface area contributed by atoms with Gasteiger partial charge in [0.2, 0.25) is 0 Å². The topological polar surface area (TPSA) is 56.7 Å². The van der Waals surface area contributed by atoms with Crippen molar-refractivity contribution >= 4 is 16.9 Å². The van der Waals surface area contributed by atoms with E-state index in [4.69, 9.17) is 5.73 Å². The van der Waals surface area contributed by atoms with Crippen LogP contribution in [0.2, 0.25) is 0 Å². The third-order valence-electron chi connectivity index (χ3n) is 2.59. The summed E-state index contributed by atoms with van der Waals surface area (Å²) in [5, 5.41) is 0. The van der Waals surface area contributed by atoms with Crippen LogP contribution in [0, 0.1) is 0 Å². The minimum Gasteiger partial charge on any atom is -0.397 e. The zero-order valence-corrected chi connectivity index (χ0v) is 10.3. The minimum atomic E-state index is 0.0193. The van der Waals surface area contributed by atoms with Gasteiger partial charge in [-0.3, -0.25) is 0 Å². The number of nitrogens with zero attached hydrogens (tertiary/aromatic N) is 3. The number of anilines is 1. The number of fused-ring (bicyclic) bond motifs is 1. The highest BCUT2D eigenvalue weighted by Crippen LogP contribution is 2.25. The molecule has 2 aromatic rings. The number of aromatic nitrogens is 3. The summed E-state index contributed by atoms with van der Waals surface area (Å²) in [7, 11) is 0. The van der Waals surface area contributed by atoms with Gasteiger partial charge in [0.1, 0.15) is 11.3 Å². The van der Waals surface area contributed by atoms with E-state index in [0.29, 0.717) is 5.69 Å². The van der Waals surface area contributed by atoms with Gasteiger partial charge >= 0.3 is 0 Å². The van der Waals surface area contributed by atoms with Crippen LogP contribution in [0.1, 0.15) is 33.5 Å². The number of aryl methyl sites for hydroxylation is 1. The van der Waals surface area contributed by atoms with Crippen LogP contribution in [0.4, 0.5) is 5.69 Å². The molecule has 0 aliphatic rings. The van der Waals surface area contributed by atoms with Crippen LogP contribution in [0.25, 0.3) is 11.2 Å². The predicted octanol–water partition coefficient (Wildman–Crippen LogP) is 2.33. The Morgan fingerprint density at radius 2 is 2.06 bits per heavy atom. The second kappa shape index (κ2) is 3.47. The summed E-state index contributed by atoms with van der Waals surface area (Å²) in [6.07, 6.45) is 1.68. The SMILES string of the molecule is CCn1c(C(C)(C)C)nc2cc(N)cnc21. The Morgan fingerprint density at radius 3 is 2.62 bits per heavy atom. The van der Waals surface area contributed by atoms with Gasteiger partial charge in [0, 0.05) is 12.0 Å². The molecule has 0 amide bonds. The molecule has 0 aliphatic heterocycles. The van der Waals surface area contributed by atoms with Crippen LogP contribution in [0.3, 0.4) is 0 Å². The molecule has 4 heteroatoms. The second-order valence-electron chi connectivity index (χ2n) is 5.04. The number of hydrogen-bond donors (Lipinski definition) is 1. The quantitative estimate of drug-likeness (QED) is 0.799. The molecule has 0 saturated carbocycles. The predicted molar refractivity (Wildman–Crippen MR) is 66.3 cm³/mol. The zero-order chi connectivity index (χ0) is 11.9. The Balaban J connectivity index is 2.76. The Labute approximate surface area is 95.5 Å². The lowest BCUT2D eigenvalue weighted by molar-refractivity contribution is 0.510. The molecule has 0 atom stereocenters. The van der Waals surface area contributed by atoms with Gasteiger partial charge in [0.05, 0.1) is 11.9 Å². The van der Waals surface area contributed by atoms with Gasteiger partial charge in [-0.25, -0.2) is 9.97 Å². The van der Waals surface area contributed by atoms with Crippen molar-refractivity contribution in [3.05, 3.63) is 18.1 Å². The highest BCUT2D eigenvalue weighted by atomic mass is 15.1. The maximum atomic E-state index is 5.72. The maximum absolute atomic E-state index is 5.72. The van der Waals surface area contributed by atoms with Gasteiger partial charge in [-0.05, 0) is 13.0 Å². The molecule has 0 radical (unpaired) electrons. The largest absolute Gasteiger partial charge is 0.397 e. The van der Waals surface area contributed by atoms with Gasteiger partial charge in [0.25, 0.3) is 0 Å². The first-order valence-electron chi connectivity index (χ1n) is 5.55. The molecule has 0 spiro atoms. The maximum Gasteiger partial charge on any atom is 0.160 e. The number of nitrogens with two attached hydrogens (primary N) is 1. The standard InChI is InChI=1S/C12H18N4/c1-5-16-10-9(6-8(13)7-14-10)15-11(16)12(2,3)4/h6-7H,5,13H2,1-4H3. The summed E-state index contributed by atoms with van der Waals surface area (Å²) >= 11 is 0. The van der Waals surface area contributed by atoms with Gasteiger partial charge in [-0.15, -0.1) is 0 Å². The number of imidazole rings is 1. The van der Waals surface area contributed by atoms with Crippen molar-refractivity contribution in [3.63, 3.8) is 0 Å². The van der Waals surface area contributed by atoms with E-state index in [1.165, 1.54) is 0 Å². The van der Waals surface area contributed by atoms with Gasteiger partial charge < -0.3 is 10.3 Å². The average molecular weight is 218 g/mol. The third kappa shape index (κ3) is 1.64. The summed E-state index contributed by atoms with van der Waals surface area (Å²) in [5.74, 6) is 1.06. The number of hydrogen-bond acceptors (Lipinski definition) is 3. The summed E-state index contributed by atoms with van der Waals surface area (Å²) in [4.78, 5) is 9.00. The lowest BCUT2D eigenvalue weighted by Crippen LogP contribution is -2.18. The summed E-state index contributed by atoms with van der Waals surface area (Å²) in [6.45, 7) is 9.45. The molecular weight excluding hydrogens is 200 g/mol. The van der Waals surface area contributed by atoms with Crippen LogP contribution >= 0.6 is 0 Å². The van der Waals surface area contributed by atoms with E-state index >= 15 is 0 Å². The first-order valence-corrected chi connectivity index (χ1v) is 5.55. The molecule has 86 valence electrons. The molecule has 0 aliphatic carbocycles. The molecule has 2 rings (SSSR count). The van der Waals surface area contributed by atoms with Crippen molar-refractivity contribution in [2.75, 3.05) is 5.73 Å². The minimum absolute atomic E-state index is 0.0193.